The molecule has 0 atom stereocenters. The fourth-order valence-electron chi connectivity index (χ4n) is 3.11. The van der Waals surface area contributed by atoms with Gasteiger partial charge < -0.3 is 0 Å². The molecule has 0 radical (unpaired) electrons. The Morgan fingerprint density at radius 2 is 1.90 bits per heavy atom. The molecule has 6 heteroatoms. The molecule has 0 aliphatic heterocycles. The monoisotopic (exact) mass is 328 g/mol. The van der Waals surface area contributed by atoms with E-state index < -0.39 is 10.0 Å². The van der Waals surface area contributed by atoms with Crippen LogP contribution < -0.4 is 0 Å². The third kappa shape index (κ3) is 3.41. The van der Waals surface area contributed by atoms with Crippen LogP contribution in [0.15, 0.2) is 23.4 Å². The maximum atomic E-state index is 12.9. The lowest BCUT2D eigenvalue weighted by Gasteiger charge is -2.29. The highest BCUT2D eigenvalue weighted by Crippen LogP contribution is 2.36. The van der Waals surface area contributed by atoms with Crippen LogP contribution in [0.25, 0.3) is 0 Å². The third-order valence-electron chi connectivity index (χ3n) is 4.44. The third-order valence-corrected chi connectivity index (χ3v) is 6.83. The van der Waals surface area contributed by atoms with E-state index >= 15 is 0 Å². The number of sulfonamides is 1. The standard InChI is InChI=1S/C15H21ClN2O2S/c16-14-8-9-17-10-15(14)21(19,20)18(13-6-7-13)11-12-4-2-1-3-5-12/h8-10,12-13H,1-7,11H2. The minimum absolute atomic E-state index is 0.148. The molecular weight excluding hydrogens is 308 g/mol. The fraction of sp³-hybridized carbons (Fsp3) is 0.667. The van der Waals surface area contributed by atoms with Crippen LogP contribution in [0.3, 0.4) is 0 Å². The summed E-state index contributed by atoms with van der Waals surface area (Å²) in [6.07, 6.45) is 10.8. The smallest absolute Gasteiger partial charge is 0.246 e. The molecule has 0 bridgehead atoms. The second-order valence-electron chi connectivity index (χ2n) is 6.12. The van der Waals surface area contributed by atoms with Gasteiger partial charge in [0, 0.05) is 25.0 Å². The zero-order valence-electron chi connectivity index (χ0n) is 12.0. The molecule has 2 fully saturated rings. The quantitative estimate of drug-likeness (QED) is 0.831. The zero-order valence-corrected chi connectivity index (χ0v) is 13.6. The van der Waals surface area contributed by atoms with Gasteiger partial charge in [-0.1, -0.05) is 30.9 Å². The second kappa shape index (κ2) is 6.23. The van der Waals surface area contributed by atoms with Crippen molar-refractivity contribution in [2.24, 2.45) is 5.92 Å². The fourth-order valence-corrected chi connectivity index (χ4v) is 5.28. The van der Waals surface area contributed by atoms with Gasteiger partial charge in [-0.05, 0) is 37.7 Å². The minimum atomic E-state index is -3.53. The second-order valence-corrected chi connectivity index (χ2v) is 8.38. The van der Waals surface area contributed by atoms with Crippen LogP contribution in [0.5, 0.6) is 0 Å². The van der Waals surface area contributed by atoms with Crippen molar-refractivity contribution in [1.29, 1.82) is 0 Å². The van der Waals surface area contributed by atoms with Crippen LogP contribution in [0.2, 0.25) is 5.02 Å². The van der Waals surface area contributed by atoms with Gasteiger partial charge in [0.2, 0.25) is 10.0 Å². The van der Waals surface area contributed by atoms with Crippen LogP contribution in [0.4, 0.5) is 0 Å². The number of pyridine rings is 1. The molecule has 2 aliphatic rings. The molecule has 2 saturated carbocycles. The van der Waals surface area contributed by atoms with E-state index in [9.17, 15) is 8.42 Å². The number of halogens is 1. The van der Waals surface area contributed by atoms with E-state index in [0.717, 1.165) is 25.7 Å². The van der Waals surface area contributed by atoms with Crippen LogP contribution >= 0.6 is 11.6 Å². The lowest BCUT2D eigenvalue weighted by Crippen LogP contribution is -2.38. The SMILES string of the molecule is O=S(=O)(c1cnccc1Cl)N(CC1CCCCC1)C1CC1. The lowest BCUT2D eigenvalue weighted by molar-refractivity contribution is 0.274. The number of hydrogen-bond donors (Lipinski definition) is 0. The van der Waals surface area contributed by atoms with Gasteiger partial charge in [0.25, 0.3) is 0 Å². The van der Waals surface area contributed by atoms with Crippen molar-refractivity contribution in [2.45, 2.75) is 55.9 Å². The number of rotatable bonds is 5. The summed E-state index contributed by atoms with van der Waals surface area (Å²) in [4.78, 5) is 4.08. The first-order valence-electron chi connectivity index (χ1n) is 7.70. The summed E-state index contributed by atoms with van der Waals surface area (Å²) < 4.78 is 27.5. The van der Waals surface area contributed by atoms with Crippen molar-refractivity contribution in [2.75, 3.05) is 6.54 Å². The molecule has 2 aliphatic carbocycles. The molecule has 0 unspecified atom stereocenters. The van der Waals surface area contributed by atoms with Gasteiger partial charge in [-0.2, -0.15) is 4.31 Å². The summed E-state index contributed by atoms with van der Waals surface area (Å²) in [6.45, 7) is 0.637. The van der Waals surface area contributed by atoms with Crippen molar-refractivity contribution in [3.63, 3.8) is 0 Å². The largest absolute Gasteiger partial charge is 0.263 e. The first-order valence-corrected chi connectivity index (χ1v) is 9.52. The Labute approximate surface area is 131 Å². The van der Waals surface area contributed by atoms with E-state index in [-0.39, 0.29) is 16.0 Å². The van der Waals surface area contributed by atoms with Crippen LogP contribution in [-0.4, -0.2) is 30.3 Å². The van der Waals surface area contributed by atoms with Crippen LogP contribution in [0, 0.1) is 5.92 Å². The van der Waals surface area contributed by atoms with Crippen molar-refractivity contribution in [1.82, 2.24) is 9.29 Å². The summed E-state index contributed by atoms with van der Waals surface area (Å²) in [5.41, 5.74) is 0. The Morgan fingerprint density at radius 1 is 1.19 bits per heavy atom. The van der Waals surface area contributed by atoms with Crippen molar-refractivity contribution < 1.29 is 8.42 Å². The van der Waals surface area contributed by atoms with E-state index in [1.54, 1.807) is 10.4 Å². The number of aromatic nitrogens is 1. The molecular formula is C15H21ClN2O2S. The molecule has 1 heterocycles. The van der Waals surface area contributed by atoms with E-state index in [4.69, 9.17) is 11.6 Å². The summed E-state index contributed by atoms with van der Waals surface area (Å²) in [5, 5.41) is 0.263. The van der Waals surface area contributed by atoms with Gasteiger partial charge in [-0.15, -0.1) is 0 Å². The van der Waals surface area contributed by atoms with E-state index in [1.807, 2.05) is 0 Å². The van der Waals surface area contributed by atoms with E-state index in [0.29, 0.717) is 12.5 Å². The Bertz CT molecular complexity index is 595. The predicted molar refractivity (Wildman–Crippen MR) is 82.7 cm³/mol. The summed E-state index contributed by atoms with van der Waals surface area (Å²) in [5.74, 6) is 0.490. The average Bonchev–Trinajstić information content (AvgIpc) is 3.30. The maximum absolute atomic E-state index is 12.9. The number of nitrogens with zero attached hydrogens (tertiary/aromatic N) is 2. The summed E-state index contributed by atoms with van der Waals surface area (Å²) in [6, 6.07) is 1.70. The van der Waals surface area contributed by atoms with Gasteiger partial charge in [0.15, 0.2) is 0 Å². The Hall–Kier alpha value is -0.650. The minimum Gasteiger partial charge on any atom is -0.263 e. The van der Waals surface area contributed by atoms with Crippen molar-refractivity contribution in [3.05, 3.63) is 23.5 Å². The topological polar surface area (TPSA) is 50.3 Å². The molecule has 116 valence electrons. The molecule has 3 rings (SSSR count). The van der Waals surface area contributed by atoms with Crippen LogP contribution in [-0.2, 0) is 10.0 Å². The highest BCUT2D eigenvalue weighted by molar-refractivity contribution is 7.89. The summed E-state index contributed by atoms with van der Waals surface area (Å²) in [7, 11) is -3.53. The van der Waals surface area contributed by atoms with Gasteiger partial charge in [-0.3, -0.25) is 4.98 Å². The molecule has 4 nitrogen and oxygen atoms in total. The van der Waals surface area contributed by atoms with Gasteiger partial charge >= 0.3 is 0 Å². The molecule has 0 saturated heterocycles. The molecule has 1 aromatic heterocycles. The normalized spacial score (nSPS) is 20.9. The maximum Gasteiger partial charge on any atom is 0.246 e. The van der Waals surface area contributed by atoms with E-state index in [2.05, 4.69) is 4.98 Å². The molecule has 0 spiro atoms. The Morgan fingerprint density at radius 3 is 2.52 bits per heavy atom. The first kappa shape index (κ1) is 15.3. The zero-order chi connectivity index (χ0) is 14.9. The lowest BCUT2D eigenvalue weighted by atomic mass is 9.89. The van der Waals surface area contributed by atoms with Gasteiger partial charge in [-0.25, -0.2) is 8.42 Å². The highest BCUT2D eigenvalue weighted by Gasteiger charge is 2.40. The predicted octanol–water partition coefficient (Wildman–Crippen LogP) is 3.47. The van der Waals surface area contributed by atoms with Crippen molar-refractivity contribution >= 4 is 21.6 Å². The van der Waals surface area contributed by atoms with E-state index in [1.165, 1.54) is 31.7 Å². The number of hydrogen-bond acceptors (Lipinski definition) is 3. The van der Waals surface area contributed by atoms with Gasteiger partial charge in [0.05, 0.1) is 5.02 Å². The molecule has 0 N–H and O–H groups in total. The highest BCUT2D eigenvalue weighted by atomic mass is 35.5. The molecule has 0 amide bonds. The van der Waals surface area contributed by atoms with Gasteiger partial charge in [0.1, 0.15) is 4.90 Å². The molecule has 0 aromatic carbocycles. The average molecular weight is 329 g/mol. The molecule has 1 aromatic rings. The molecule has 21 heavy (non-hydrogen) atoms. The Kier molecular flexibility index (Phi) is 4.52. The summed E-state index contributed by atoms with van der Waals surface area (Å²) >= 11 is 6.07. The van der Waals surface area contributed by atoms with Crippen molar-refractivity contribution in [3.8, 4) is 0 Å². The first-order chi connectivity index (χ1) is 10.1. The van der Waals surface area contributed by atoms with Crippen LogP contribution in [0.1, 0.15) is 44.9 Å². The Balaban J connectivity index is 1.84.